The van der Waals surface area contributed by atoms with Crippen LogP contribution in [0.5, 0.6) is 5.75 Å². The number of phenolic OH excluding ortho intramolecular Hbond substituents is 1. The molecule has 21 heavy (non-hydrogen) atoms. The summed E-state index contributed by atoms with van der Waals surface area (Å²) in [5.74, 6) is -1.25. The highest BCUT2D eigenvalue weighted by molar-refractivity contribution is 6.40. The van der Waals surface area contributed by atoms with Crippen LogP contribution in [0, 0.1) is 0 Å². The average Bonchev–Trinajstić information content (AvgIpc) is 2.48. The number of phenols is 1. The van der Waals surface area contributed by atoms with Crippen molar-refractivity contribution in [2.45, 2.75) is 26.3 Å². The monoisotopic (exact) mass is 286 g/mol. The van der Waals surface area contributed by atoms with Gasteiger partial charge in [0.1, 0.15) is 5.75 Å². The standard InChI is InChI=1S/C16H18N2O3/c1-3-10(2)17-15(20)16(21)18-13-8-4-7-12-11(13)6-5-9-14(12)19/h4-10,19H,3H2,1-2H3,(H,17,20)(H,18,21). The van der Waals surface area contributed by atoms with Crippen LogP contribution in [0.25, 0.3) is 10.8 Å². The zero-order chi connectivity index (χ0) is 15.4. The van der Waals surface area contributed by atoms with Gasteiger partial charge in [-0.25, -0.2) is 0 Å². The highest BCUT2D eigenvalue weighted by Gasteiger charge is 2.16. The van der Waals surface area contributed by atoms with E-state index in [1.54, 1.807) is 36.4 Å². The van der Waals surface area contributed by atoms with E-state index >= 15 is 0 Å². The fourth-order valence-electron chi connectivity index (χ4n) is 1.97. The van der Waals surface area contributed by atoms with Crippen LogP contribution in [0.4, 0.5) is 5.69 Å². The number of anilines is 1. The molecular weight excluding hydrogens is 268 g/mol. The number of hydrogen-bond donors (Lipinski definition) is 3. The Morgan fingerprint density at radius 2 is 1.76 bits per heavy atom. The number of benzene rings is 2. The lowest BCUT2D eigenvalue weighted by Gasteiger charge is -2.12. The number of carbonyl (C=O) groups excluding carboxylic acids is 2. The fraction of sp³-hybridized carbons (Fsp3) is 0.250. The molecule has 0 bridgehead atoms. The molecule has 2 aromatic rings. The van der Waals surface area contributed by atoms with Gasteiger partial charge in [0.25, 0.3) is 0 Å². The van der Waals surface area contributed by atoms with E-state index in [-0.39, 0.29) is 11.8 Å². The first-order valence-corrected chi connectivity index (χ1v) is 6.85. The SMILES string of the molecule is CCC(C)NC(=O)C(=O)Nc1cccc2c(O)cccc12. The Labute approximate surface area is 123 Å². The Bertz CT molecular complexity index is 682. The smallest absolute Gasteiger partial charge is 0.313 e. The number of hydrogen-bond acceptors (Lipinski definition) is 3. The van der Waals surface area contributed by atoms with Crippen molar-refractivity contribution < 1.29 is 14.7 Å². The van der Waals surface area contributed by atoms with E-state index < -0.39 is 11.8 Å². The predicted molar refractivity (Wildman–Crippen MR) is 82.1 cm³/mol. The predicted octanol–water partition coefficient (Wildman–Crippen LogP) is 2.40. The number of nitrogens with one attached hydrogen (secondary N) is 2. The van der Waals surface area contributed by atoms with Crippen LogP contribution in [0.3, 0.4) is 0 Å². The molecule has 2 aromatic carbocycles. The lowest BCUT2D eigenvalue weighted by molar-refractivity contribution is -0.136. The van der Waals surface area contributed by atoms with E-state index in [0.717, 1.165) is 6.42 Å². The molecule has 3 N–H and O–H groups in total. The summed E-state index contributed by atoms with van der Waals surface area (Å²) in [7, 11) is 0. The molecule has 1 unspecified atom stereocenters. The van der Waals surface area contributed by atoms with E-state index in [1.807, 2.05) is 13.8 Å². The lowest BCUT2D eigenvalue weighted by Crippen LogP contribution is -2.40. The molecule has 0 saturated heterocycles. The third-order valence-corrected chi connectivity index (χ3v) is 3.34. The first-order chi connectivity index (χ1) is 10.0. The topological polar surface area (TPSA) is 78.4 Å². The zero-order valence-electron chi connectivity index (χ0n) is 12.0. The fourth-order valence-corrected chi connectivity index (χ4v) is 1.97. The quantitative estimate of drug-likeness (QED) is 0.758. The second-order valence-corrected chi connectivity index (χ2v) is 4.91. The minimum Gasteiger partial charge on any atom is -0.507 e. The molecule has 5 heteroatoms. The highest BCUT2D eigenvalue weighted by Crippen LogP contribution is 2.29. The lowest BCUT2D eigenvalue weighted by atomic mass is 10.1. The van der Waals surface area contributed by atoms with Crippen LogP contribution >= 0.6 is 0 Å². The summed E-state index contributed by atoms with van der Waals surface area (Å²) in [6.07, 6.45) is 0.751. The second-order valence-electron chi connectivity index (χ2n) is 4.91. The van der Waals surface area contributed by atoms with Crippen molar-refractivity contribution in [3.63, 3.8) is 0 Å². The van der Waals surface area contributed by atoms with Crippen LogP contribution in [-0.2, 0) is 9.59 Å². The number of amides is 2. The van der Waals surface area contributed by atoms with Gasteiger partial charge in [0.05, 0.1) is 0 Å². The molecule has 0 aliphatic rings. The highest BCUT2D eigenvalue weighted by atomic mass is 16.3. The summed E-state index contributed by atoms with van der Waals surface area (Å²) in [6.45, 7) is 3.76. The molecule has 2 amide bonds. The van der Waals surface area contributed by atoms with E-state index in [9.17, 15) is 14.7 Å². The van der Waals surface area contributed by atoms with Crippen molar-refractivity contribution in [2.75, 3.05) is 5.32 Å². The summed E-state index contributed by atoms with van der Waals surface area (Å²) in [4.78, 5) is 23.7. The molecule has 2 rings (SSSR count). The van der Waals surface area contributed by atoms with Gasteiger partial charge >= 0.3 is 11.8 Å². The average molecular weight is 286 g/mol. The van der Waals surface area contributed by atoms with Crippen molar-refractivity contribution in [2.24, 2.45) is 0 Å². The summed E-state index contributed by atoms with van der Waals surface area (Å²) >= 11 is 0. The van der Waals surface area contributed by atoms with Gasteiger partial charge in [-0.1, -0.05) is 31.2 Å². The number of fused-ring (bicyclic) bond motifs is 1. The van der Waals surface area contributed by atoms with Crippen molar-refractivity contribution in [3.8, 4) is 5.75 Å². The van der Waals surface area contributed by atoms with Crippen molar-refractivity contribution in [1.29, 1.82) is 0 Å². The maximum absolute atomic E-state index is 11.9. The van der Waals surface area contributed by atoms with Crippen LogP contribution in [0.15, 0.2) is 36.4 Å². The van der Waals surface area contributed by atoms with Crippen LogP contribution in [0.2, 0.25) is 0 Å². The normalized spacial score (nSPS) is 11.9. The third kappa shape index (κ3) is 3.31. The summed E-state index contributed by atoms with van der Waals surface area (Å²) < 4.78 is 0. The third-order valence-electron chi connectivity index (χ3n) is 3.34. The Morgan fingerprint density at radius 1 is 1.10 bits per heavy atom. The molecule has 0 spiro atoms. The van der Waals surface area contributed by atoms with Crippen LogP contribution in [0.1, 0.15) is 20.3 Å². The Morgan fingerprint density at radius 3 is 2.48 bits per heavy atom. The summed E-state index contributed by atoms with van der Waals surface area (Å²) in [6, 6.07) is 10.1. The molecule has 110 valence electrons. The first kappa shape index (κ1) is 14.8. The molecule has 5 nitrogen and oxygen atoms in total. The van der Waals surface area contributed by atoms with Gasteiger partial charge < -0.3 is 15.7 Å². The molecule has 0 fully saturated rings. The number of carbonyl (C=O) groups is 2. The van der Waals surface area contributed by atoms with Gasteiger partial charge in [-0.2, -0.15) is 0 Å². The number of aromatic hydroxyl groups is 1. The van der Waals surface area contributed by atoms with Crippen molar-refractivity contribution in [3.05, 3.63) is 36.4 Å². The van der Waals surface area contributed by atoms with E-state index in [1.165, 1.54) is 0 Å². The second kappa shape index (κ2) is 6.26. The minimum atomic E-state index is -0.717. The maximum atomic E-state index is 11.9. The zero-order valence-corrected chi connectivity index (χ0v) is 12.0. The van der Waals surface area contributed by atoms with Gasteiger partial charge in [-0.05, 0) is 25.5 Å². The maximum Gasteiger partial charge on any atom is 0.313 e. The van der Waals surface area contributed by atoms with Crippen LogP contribution in [-0.4, -0.2) is 23.0 Å². The summed E-state index contributed by atoms with van der Waals surface area (Å²) in [5, 5.41) is 16.3. The Kier molecular flexibility index (Phi) is 4.42. The molecule has 0 radical (unpaired) electrons. The van der Waals surface area contributed by atoms with Gasteiger partial charge in [0.15, 0.2) is 0 Å². The van der Waals surface area contributed by atoms with Gasteiger partial charge in [0.2, 0.25) is 0 Å². The Hall–Kier alpha value is -2.56. The molecule has 1 atom stereocenters. The molecular formula is C16H18N2O3. The van der Waals surface area contributed by atoms with Crippen molar-refractivity contribution in [1.82, 2.24) is 5.32 Å². The Balaban J connectivity index is 2.22. The van der Waals surface area contributed by atoms with E-state index in [0.29, 0.717) is 16.5 Å². The van der Waals surface area contributed by atoms with E-state index in [4.69, 9.17) is 0 Å². The van der Waals surface area contributed by atoms with Crippen molar-refractivity contribution >= 4 is 28.3 Å². The number of rotatable bonds is 3. The minimum absolute atomic E-state index is 0.0557. The molecule has 0 saturated carbocycles. The van der Waals surface area contributed by atoms with Gasteiger partial charge in [0, 0.05) is 22.5 Å². The molecule has 0 aliphatic carbocycles. The molecule has 0 aliphatic heterocycles. The van der Waals surface area contributed by atoms with Gasteiger partial charge in [-0.15, -0.1) is 0 Å². The molecule has 0 heterocycles. The van der Waals surface area contributed by atoms with Crippen LogP contribution < -0.4 is 10.6 Å². The molecule has 0 aromatic heterocycles. The van der Waals surface area contributed by atoms with E-state index in [2.05, 4.69) is 10.6 Å². The van der Waals surface area contributed by atoms with Gasteiger partial charge in [-0.3, -0.25) is 9.59 Å². The summed E-state index contributed by atoms with van der Waals surface area (Å²) in [5.41, 5.74) is 0.493. The first-order valence-electron chi connectivity index (χ1n) is 6.85. The largest absolute Gasteiger partial charge is 0.507 e.